The van der Waals surface area contributed by atoms with Gasteiger partial charge in [0.1, 0.15) is 0 Å². The fourth-order valence-electron chi connectivity index (χ4n) is 6.53. The van der Waals surface area contributed by atoms with Crippen LogP contribution in [-0.2, 0) is 4.79 Å². The first kappa shape index (κ1) is 45.1. The first-order valence-electron chi connectivity index (χ1n) is 20.9. The molecule has 0 saturated heterocycles. The fourth-order valence-corrected chi connectivity index (χ4v) is 6.53. The summed E-state index contributed by atoms with van der Waals surface area (Å²) in [6.07, 6.45) is 47.4. The quantitative estimate of drug-likeness (QED) is 0.0460. The molecule has 3 N–H and O–H groups in total. The predicted molar refractivity (Wildman–Crippen MR) is 202 cm³/mol. The Balaban J connectivity index is 3.51. The van der Waals surface area contributed by atoms with E-state index in [1.807, 2.05) is 6.08 Å². The van der Waals surface area contributed by atoms with Gasteiger partial charge in [-0.25, -0.2) is 0 Å². The number of rotatable bonds is 38. The maximum Gasteiger partial charge on any atom is 0.220 e. The Kier molecular flexibility index (Phi) is 37.8. The van der Waals surface area contributed by atoms with Gasteiger partial charge in [-0.3, -0.25) is 4.79 Å². The van der Waals surface area contributed by atoms with Crippen molar-refractivity contribution in [3.8, 4) is 0 Å². The summed E-state index contributed by atoms with van der Waals surface area (Å²) in [6, 6.07) is -0.615. The largest absolute Gasteiger partial charge is 0.394 e. The highest BCUT2D eigenvalue weighted by Crippen LogP contribution is 2.16. The molecule has 0 fully saturated rings. The fraction of sp³-hybridized carbons (Fsp3) is 0.929. The molecule has 0 aliphatic rings. The monoisotopic (exact) mass is 650 g/mol. The second-order valence-electron chi connectivity index (χ2n) is 14.4. The summed E-state index contributed by atoms with van der Waals surface area (Å²) in [5.41, 5.74) is 0. The molecule has 2 atom stereocenters. The van der Waals surface area contributed by atoms with Crippen molar-refractivity contribution in [2.75, 3.05) is 6.61 Å². The SMILES string of the molecule is CCCCCCCCCCCCCC=C[C@H](O)[C@@H](CO)NC(=O)CCCCCCCCCCCCCCCCCCCCCCC. The van der Waals surface area contributed by atoms with Gasteiger partial charge < -0.3 is 15.5 Å². The number of amides is 1. The molecule has 0 unspecified atom stereocenters. The van der Waals surface area contributed by atoms with E-state index in [0.29, 0.717) is 6.42 Å². The molecule has 0 aromatic carbocycles. The van der Waals surface area contributed by atoms with Crippen molar-refractivity contribution in [1.29, 1.82) is 0 Å². The number of aliphatic hydroxyl groups is 2. The van der Waals surface area contributed by atoms with Gasteiger partial charge in [0.2, 0.25) is 5.91 Å². The zero-order valence-corrected chi connectivity index (χ0v) is 31.4. The van der Waals surface area contributed by atoms with Crippen molar-refractivity contribution in [3.63, 3.8) is 0 Å². The van der Waals surface area contributed by atoms with Crippen molar-refractivity contribution in [1.82, 2.24) is 5.32 Å². The molecule has 0 radical (unpaired) electrons. The van der Waals surface area contributed by atoms with E-state index in [4.69, 9.17) is 0 Å². The van der Waals surface area contributed by atoms with Gasteiger partial charge in [-0.05, 0) is 19.3 Å². The highest BCUT2D eigenvalue weighted by atomic mass is 16.3. The number of allylic oxidation sites excluding steroid dienone is 1. The average molecular weight is 650 g/mol. The molecule has 0 aliphatic heterocycles. The van der Waals surface area contributed by atoms with Crippen LogP contribution in [0.25, 0.3) is 0 Å². The Hall–Kier alpha value is -0.870. The summed E-state index contributed by atoms with van der Waals surface area (Å²) in [7, 11) is 0. The third-order valence-corrected chi connectivity index (χ3v) is 9.77. The zero-order chi connectivity index (χ0) is 33.6. The molecule has 0 bridgehead atoms. The van der Waals surface area contributed by atoms with E-state index < -0.39 is 12.1 Å². The van der Waals surface area contributed by atoms with Crippen molar-refractivity contribution >= 4 is 5.91 Å². The second kappa shape index (κ2) is 38.6. The Morgan fingerprint density at radius 2 is 0.804 bits per heavy atom. The lowest BCUT2D eigenvalue weighted by atomic mass is 10.0. The van der Waals surface area contributed by atoms with E-state index in [2.05, 4.69) is 19.2 Å². The Labute approximate surface area is 288 Å². The zero-order valence-electron chi connectivity index (χ0n) is 31.4. The van der Waals surface area contributed by atoms with Gasteiger partial charge in [0.15, 0.2) is 0 Å². The Bertz CT molecular complexity index is 622. The van der Waals surface area contributed by atoms with Gasteiger partial charge in [-0.15, -0.1) is 0 Å². The van der Waals surface area contributed by atoms with E-state index in [9.17, 15) is 15.0 Å². The molecule has 4 nitrogen and oxygen atoms in total. The van der Waals surface area contributed by atoms with Crippen LogP contribution in [-0.4, -0.2) is 34.9 Å². The number of nitrogens with one attached hydrogen (secondary N) is 1. The molecular formula is C42H83NO3. The smallest absolute Gasteiger partial charge is 0.220 e. The van der Waals surface area contributed by atoms with Crippen LogP contribution in [0.1, 0.15) is 232 Å². The van der Waals surface area contributed by atoms with Crippen LogP contribution in [0.5, 0.6) is 0 Å². The van der Waals surface area contributed by atoms with Gasteiger partial charge in [0.25, 0.3) is 0 Å². The first-order valence-corrected chi connectivity index (χ1v) is 20.9. The molecule has 0 aliphatic carbocycles. The van der Waals surface area contributed by atoms with Crippen molar-refractivity contribution in [3.05, 3.63) is 12.2 Å². The van der Waals surface area contributed by atoms with Crippen LogP contribution in [0.4, 0.5) is 0 Å². The number of carbonyl (C=O) groups excluding carboxylic acids is 1. The van der Waals surface area contributed by atoms with Gasteiger partial charge in [0.05, 0.1) is 18.8 Å². The average Bonchev–Trinajstić information content (AvgIpc) is 3.06. The summed E-state index contributed by atoms with van der Waals surface area (Å²) < 4.78 is 0. The summed E-state index contributed by atoms with van der Waals surface area (Å²) in [5.74, 6) is -0.0605. The van der Waals surface area contributed by atoms with Gasteiger partial charge in [-0.1, -0.05) is 219 Å². The van der Waals surface area contributed by atoms with E-state index in [0.717, 1.165) is 25.7 Å². The highest BCUT2D eigenvalue weighted by Gasteiger charge is 2.17. The third-order valence-electron chi connectivity index (χ3n) is 9.77. The summed E-state index contributed by atoms with van der Waals surface area (Å²) >= 11 is 0. The minimum Gasteiger partial charge on any atom is -0.394 e. The number of hydrogen-bond acceptors (Lipinski definition) is 3. The van der Waals surface area contributed by atoms with E-state index in [1.54, 1.807) is 6.08 Å². The predicted octanol–water partition coefficient (Wildman–Crippen LogP) is 12.7. The molecule has 0 spiro atoms. The molecule has 0 aromatic heterocycles. The van der Waals surface area contributed by atoms with Crippen LogP contribution in [0.2, 0.25) is 0 Å². The van der Waals surface area contributed by atoms with Crippen LogP contribution in [0, 0.1) is 0 Å². The van der Waals surface area contributed by atoms with Crippen LogP contribution in [0.3, 0.4) is 0 Å². The van der Waals surface area contributed by atoms with Crippen molar-refractivity contribution < 1.29 is 15.0 Å². The van der Waals surface area contributed by atoms with Crippen molar-refractivity contribution in [2.45, 2.75) is 244 Å². The topological polar surface area (TPSA) is 69.6 Å². The molecule has 0 heterocycles. The number of unbranched alkanes of at least 4 members (excludes halogenated alkanes) is 31. The molecule has 4 heteroatoms. The number of carbonyl (C=O) groups is 1. The lowest BCUT2D eigenvalue weighted by Crippen LogP contribution is -2.45. The van der Waals surface area contributed by atoms with Crippen LogP contribution in [0.15, 0.2) is 12.2 Å². The Morgan fingerprint density at radius 1 is 0.500 bits per heavy atom. The molecule has 1 amide bonds. The summed E-state index contributed by atoms with van der Waals surface area (Å²) in [5, 5.41) is 22.9. The van der Waals surface area contributed by atoms with Gasteiger partial charge >= 0.3 is 0 Å². The van der Waals surface area contributed by atoms with E-state index in [-0.39, 0.29) is 12.5 Å². The lowest BCUT2D eigenvalue weighted by molar-refractivity contribution is -0.123. The van der Waals surface area contributed by atoms with Crippen LogP contribution < -0.4 is 5.32 Å². The maximum atomic E-state index is 12.3. The number of hydrogen-bond donors (Lipinski definition) is 3. The molecule has 0 saturated carbocycles. The Morgan fingerprint density at radius 3 is 1.13 bits per heavy atom. The normalized spacial score (nSPS) is 13.0. The molecule has 46 heavy (non-hydrogen) atoms. The number of aliphatic hydroxyl groups excluding tert-OH is 2. The first-order chi connectivity index (χ1) is 22.7. The summed E-state index contributed by atoms with van der Waals surface area (Å²) in [4.78, 5) is 12.3. The lowest BCUT2D eigenvalue weighted by Gasteiger charge is -2.20. The van der Waals surface area contributed by atoms with E-state index in [1.165, 1.54) is 186 Å². The molecule has 0 aromatic rings. The summed E-state index contributed by atoms with van der Waals surface area (Å²) in [6.45, 7) is 4.32. The highest BCUT2D eigenvalue weighted by molar-refractivity contribution is 5.76. The molecular weight excluding hydrogens is 566 g/mol. The van der Waals surface area contributed by atoms with Crippen LogP contribution >= 0.6 is 0 Å². The molecule has 0 rings (SSSR count). The second-order valence-corrected chi connectivity index (χ2v) is 14.4. The minimum absolute atomic E-state index is 0.0605. The van der Waals surface area contributed by atoms with E-state index >= 15 is 0 Å². The molecule has 274 valence electrons. The van der Waals surface area contributed by atoms with Gasteiger partial charge in [-0.2, -0.15) is 0 Å². The maximum absolute atomic E-state index is 12.3. The standard InChI is InChI=1S/C42H83NO3/c1-3-5-7-9-11-13-15-17-18-19-20-21-22-23-24-26-28-30-32-34-36-38-42(46)43-40(39-44)41(45)37-35-33-31-29-27-25-16-14-12-10-8-6-4-2/h35,37,40-41,44-45H,3-34,36,38-39H2,1-2H3,(H,43,46)/t40-,41+/m1/s1. The third kappa shape index (κ3) is 34.5. The van der Waals surface area contributed by atoms with Crippen molar-refractivity contribution in [2.24, 2.45) is 0 Å². The van der Waals surface area contributed by atoms with Gasteiger partial charge in [0, 0.05) is 6.42 Å². The minimum atomic E-state index is -0.832.